The number of aromatic carboxylic acids is 1. The van der Waals surface area contributed by atoms with E-state index in [1.807, 2.05) is 12.1 Å². The first-order valence-corrected chi connectivity index (χ1v) is 6.92. The van der Waals surface area contributed by atoms with Crippen LogP contribution >= 0.6 is 0 Å². The number of hydrogen-bond donors (Lipinski definition) is 1. The number of carbonyl (C=O) groups is 1. The second kappa shape index (κ2) is 4.13. The van der Waals surface area contributed by atoms with Gasteiger partial charge in [-0.15, -0.1) is 0 Å². The van der Waals surface area contributed by atoms with Gasteiger partial charge in [0.15, 0.2) is 0 Å². The van der Waals surface area contributed by atoms with Crippen LogP contribution in [0.15, 0.2) is 30.5 Å². The molecule has 20 heavy (non-hydrogen) atoms. The fourth-order valence-electron chi connectivity index (χ4n) is 2.90. The average molecular weight is 266 g/mol. The third-order valence-electron chi connectivity index (χ3n) is 4.20. The van der Waals surface area contributed by atoms with Crippen LogP contribution in [0.5, 0.6) is 0 Å². The van der Waals surface area contributed by atoms with Crippen LogP contribution in [0.25, 0.3) is 0 Å². The number of hydrogen-bond acceptors (Lipinski definition) is 3. The second-order valence-corrected chi connectivity index (χ2v) is 5.56. The zero-order valence-electron chi connectivity index (χ0n) is 10.9. The molecule has 100 valence electrons. The van der Waals surface area contributed by atoms with Gasteiger partial charge >= 0.3 is 5.97 Å². The molecule has 1 unspecified atom stereocenters. The van der Waals surface area contributed by atoms with Crippen molar-refractivity contribution in [2.75, 3.05) is 0 Å². The standard InChI is InChI=1S/C16H14N2O2/c19-16(20)13-8-17-15(18-14(13)9-5-6-9)12-7-10-3-1-2-4-11(10)12/h1-4,8-9,12H,5-7H2,(H,19,20). The highest BCUT2D eigenvalue weighted by molar-refractivity contribution is 5.88. The van der Waals surface area contributed by atoms with Crippen LogP contribution in [-0.4, -0.2) is 21.0 Å². The smallest absolute Gasteiger partial charge is 0.339 e. The molecule has 4 heteroatoms. The van der Waals surface area contributed by atoms with Gasteiger partial charge in [0.1, 0.15) is 5.82 Å². The number of carboxylic acids is 1. The molecule has 4 nitrogen and oxygen atoms in total. The molecule has 2 aromatic rings. The van der Waals surface area contributed by atoms with Crippen LogP contribution in [0.2, 0.25) is 0 Å². The monoisotopic (exact) mass is 266 g/mol. The van der Waals surface area contributed by atoms with Gasteiger partial charge < -0.3 is 5.11 Å². The Morgan fingerprint density at radius 3 is 2.75 bits per heavy atom. The van der Waals surface area contributed by atoms with E-state index >= 15 is 0 Å². The van der Waals surface area contributed by atoms with Crippen LogP contribution in [0.4, 0.5) is 0 Å². The summed E-state index contributed by atoms with van der Waals surface area (Å²) in [6.07, 6.45) is 4.52. The van der Waals surface area contributed by atoms with Crippen LogP contribution in [-0.2, 0) is 6.42 Å². The Kier molecular flexibility index (Phi) is 2.39. The summed E-state index contributed by atoms with van der Waals surface area (Å²) in [5.74, 6) is 0.396. The average Bonchev–Trinajstić information content (AvgIpc) is 3.24. The Morgan fingerprint density at radius 2 is 2.05 bits per heavy atom. The molecule has 0 amide bonds. The largest absolute Gasteiger partial charge is 0.478 e. The number of aromatic nitrogens is 2. The number of carboxylic acid groups (broad SMARTS) is 1. The molecule has 0 saturated heterocycles. The Hall–Kier alpha value is -2.23. The molecule has 0 bridgehead atoms. The predicted molar refractivity (Wildman–Crippen MR) is 73.0 cm³/mol. The number of fused-ring (bicyclic) bond motifs is 1. The predicted octanol–water partition coefficient (Wildman–Crippen LogP) is 2.74. The Balaban J connectivity index is 1.74. The molecule has 2 aliphatic rings. The van der Waals surface area contributed by atoms with Crippen molar-refractivity contribution < 1.29 is 9.90 Å². The first-order valence-electron chi connectivity index (χ1n) is 6.92. The molecule has 1 saturated carbocycles. The lowest BCUT2D eigenvalue weighted by Crippen LogP contribution is -2.21. The molecule has 1 N–H and O–H groups in total. The molecule has 1 heterocycles. The second-order valence-electron chi connectivity index (χ2n) is 5.56. The third-order valence-corrected chi connectivity index (χ3v) is 4.20. The molecule has 2 aliphatic carbocycles. The minimum absolute atomic E-state index is 0.228. The van der Waals surface area contributed by atoms with Crippen molar-refractivity contribution >= 4 is 5.97 Å². The van der Waals surface area contributed by atoms with E-state index in [9.17, 15) is 9.90 Å². The van der Waals surface area contributed by atoms with Gasteiger partial charge in [-0.05, 0) is 30.4 Å². The first-order chi connectivity index (χ1) is 9.74. The molecule has 0 aliphatic heterocycles. The number of benzene rings is 1. The van der Waals surface area contributed by atoms with Crippen LogP contribution < -0.4 is 0 Å². The maximum absolute atomic E-state index is 11.2. The summed E-state index contributed by atoms with van der Waals surface area (Å²) in [6, 6.07) is 8.30. The minimum atomic E-state index is -0.924. The minimum Gasteiger partial charge on any atom is -0.478 e. The molecule has 0 spiro atoms. The van der Waals surface area contributed by atoms with Gasteiger partial charge in [-0.2, -0.15) is 0 Å². The summed E-state index contributed by atoms with van der Waals surface area (Å²) < 4.78 is 0. The molecule has 1 aromatic heterocycles. The third kappa shape index (κ3) is 1.72. The first kappa shape index (κ1) is 11.6. The normalized spacial score (nSPS) is 20.1. The molecule has 4 rings (SSSR count). The summed E-state index contributed by atoms with van der Waals surface area (Å²) in [6.45, 7) is 0. The van der Waals surface area contributed by atoms with Crippen molar-refractivity contribution in [3.63, 3.8) is 0 Å². The molecule has 1 fully saturated rings. The Morgan fingerprint density at radius 1 is 1.25 bits per heavy atom. The van der Waals surface area contributed by atoms with E-state index in [2.05, 4.69) is 22.1 Å². The van der Waals surface area contributed by atoms with Crippen LogP contribution in [0.1, 0.15) is 57.7 Å². The van der Waals surface area contributed by atoms with Crippen molar-refractivity contribution in [2.45, 2.75) is 31.1 Å². The van der Waals surface area contributed by atoms with E-state index in [1.54, 1.807) is 0 Å². The maximum atomic E-state index is 11.2. The zero-order chi connectivity index (χ0) is 13.7. The van der Waals surface area contributed by atoms with Gasteiger partial charge in [-0.3, -0.25) is 0 Å². The summed E-state index contributed by atoms with van der Waals surface area (Å²) in [5.41, 5.74) is 3.62. The Labute approximate surface area is 116 Å². The Bertz CT molecular complexity index is 707. The lowest BCUT2D eigenvalue weighted by atomic mass is 9.77. The highest BCUT2D eigenvalue weighted by Crippen LogP contribution is 2.43. The van der Waals surface area contributed by atoms with Crippen molar-refractivity contribution in [1.29, 1.82) is 0 Å². The molecule has 1 atom stereocenters. The summed E-state index contributed by atoms with van der Waals surface area (Å²) >= 11 is 0. The molecule has 1 aromatic carbocycles. The van der Waals surface area contributed by atoms with E-state index in [0.717, 1.165) is 30.8 Å². The van der Waals surface area contributed by atoms with E-state index in [-0.39, 0.29) is 11.5 Å². The van der Waals surface area contributed by atoms with Crippen LogP contribution in [0, 0.1) is 0 Å². The molecular formula is C16H14N2O2. The van der Waals surface area contributed by atoms with Crippen molar-refractivity contribution in [3.05, 3.63) is 58.7 Å². The maximum Gasteiger partial charge on any atom is 0.339 e. The molecular weight excluding hydrogens is 252 g/mol. The van der Waals surface area contributed by atoms with E-state index < -0.39 is 5.97 Å². The lowest BCUT2D eigenvalue weighted by molar-refractivity contribution is 0.0694. The topological polar surface area (TPSA) is 63.1 Å². The van der Waals surface area contributed by atoms with Gasteiger partial charge in [0.2, 0.25) is 0 Å². The summed E-state index contributed by atoms with van der Waals surface area (Å²) in [7, 11) is 0. The van der Waals surface area contributed by atoms with Gasteiger partial charge in [-0.1, -0.05) is 24.3 Å². The SMILES string of the molecule is O=C(O)c1cnc(C2Cc3ccccc32)nc1C1CC1. The van der Waals surface area contributed by atoms with E-state index in [0.29, 0.717) is 5.92 Å². The van der Waals surface area contributed by atoms with Crippen molar-refractivity contribution in [3.8, 4) is 0 Å². The quantitative estimate of drug-likeness (QED) is 0.927. The van der Waals surface area contributed by atoms with Gasteiger partial charge in [0.25, 0.3) is 0 Å². The summed E-state index contributed by atoms with van der Waals surface area (Å²) in [5, 5.41) is 9.22. The molecule has 0 radical (unpaired) electrons. The van der Waals surface area contributed by atoms with E-state index in [1.165, 1.54) is 17.3 Å². The number of rotatable bonds is 3. The fraction of sp³-hybridized carbons (Fsp3) is 0.312. The highest BCUT2D eigenvalue weighted by atomic mass is 16.4. The highest BCUT2D eigenvalue weighted by Gasteiger charge is 2.34. The lowest BCUT2D eigenvalue weighted by Gasteiger charge is -2.29. The zero-order valence-corrected chi connectivity index (χ0v) is 10.9. The van der Waals surface area contributed by atoms with E-state index in [4.69, 9.17) is 0 Å². The van der Waals surface area contributed by atoms with Gasteiger partial charge in [0.05, 0.1) is 11.3 Å². The van der Waals surface area contributed by atoms with Crippen molar-refractivity contribution in [2.24, 2.45) is 0 Å². The fourth-order valence-corrected chi connectivity index (χ4v) is 2.90. The van der Waals surface area contributed by atoms with Gasteiger partial charge in [-0.25, -0.2) is 14.8 Å². The van der Waals surface area contributed by atoms with Crippen molar-refractivity contribution in [1.82, 2.24) is 9.97 Å². The van der Waals surface area contributed by atoms with Gasteiger partial charge in [0, 0.05) is 18.0 Å². The number of nitrogens with zero attached hydrogens (tertiary/aromatic N) is 2. The van der Waals surface area contributed by atoms with Crippen LogP contribution in [0.3, 0.4) is 0 Å². The summed E-state index contributed by atoms with van der Waals surface area (Å²) in [4.78, 5) is 20.1.